The van der Waals surface area contributed by atoms with Crippen LogP contribution < -0.4 is 0 Å². The second-order valence-corrected chi connectivity index (χ2v) is 6.26. The number of nitrogens with zero attached hydrogens (tertiary/aromatic N) is 5. The molecular weight excluding hydrogens is 322 g/mol. The van der Waals surface area contributed by atoms with Gasteiger partial charge in [0, 0.05) is 30.6 Å². The van der Waals surface area contributed by atoms with E-state index in [4.69, 9.17) is 15.0 Å². The van der Waals surface area contributed by atoms with E-state index in [1.54, 1.807) is 0 Å². The van der Waals surface area contributed by atoms with Crippen molar-refractivity contribution in [2.24, 2.45) is 4.99 Å². The van der Waals surface area contributed by atoms with Gasteiger partial charge < -0.3 is 4.90 Å². The average Bonchev–Trinajstić information content (AvgIpc) is 2.69. The van der Waals surface area contributed by atoms with Crippen molar-refractivity contribution in [1.82, 2.24) is 19.9 Å². The van der Waals surface area contributed by atoms with Crippen LogP contribution in [-0.2, 0) is 0 Å². The first-order chi connectivity index (χ1) is 12.7. The van der Waals surface area contributed by atoms with E-state index in [9.17, 15) is 0 Å². The molecule has 2 heterocycles. The zero-order valence-corrected chi connectivity index (χ0v) is 14.7. The van der Waals surface area contributed by atoms with Crippen molar-refractivity contribution in [3.8, 4) is 22.8 Å². The van der Waals surface area contributed by atoms with Crippen LogP contribution in [0, 0.1) is 0 Å². The summed E-state index contributed by atoms with van der Waals surface area (Å²) in [5, 5.41) is 0. The molecule has 5 heteroatoms. The third-order valence-corrected chi connectivity index (χ3v) is 4.16. The molecule has 2 aromatic carbocycles. The summed E-state index contributed by atoms with van der Waals surface area (Å²) in [4.78, 5) is 20.8. The van der Waals surface area contributed by atoms with Crippen molar-refractivity contribution < 1.29 is 0 Å². The normalized spacial score (nSPS) is 16.5. The Morgan fingerprint density at radius 2 is 1.31 bits per heavy atom. The van der Waals surface area contributed by atoms with E-state index in [2.05, 4.69) is 4.99 Å². The summed E-state index contributed by atoms with van der Waals surface area (Å²) < 4.78 is 0. The largest absolute Gasteiger partial charge is 0.353 e. The smallest absolute Gasteiger partial charge is 0.181 e. The molecular formula is C21H19N5. The first-order valence-corrected chi connectivity index (χ1v) is 8.51. The molecule has 0 bridgehead atoms. The highest BCUT2D eigenvalue weighted by Gasteiger charge is 2.22. The minimum absolute atomic E-state index is 0.258. The van der Waals surface area contributed by atoms with Gasteiger partial charge in [0.05, 0.1) is 0 Å². The van der Waals surface area contributed by atoms with Crippen LogP contribution in [0.15, 0.2) is 77.4 Å². The van der Waals surface area contributed by atoms with Gasteiger partial charge in [-0.15, -0.1) is 0 Å². The molecule has 0 saturated carbocycles. The van der Waals surface area contributed by atoms with Crippen molar-refractivity contribution in [3.63, 3.8) is 0 Å². The van der Waals surface area contributed by atoms with Crippen molar-refractivity contribution in [2.45, 2.75) is 13.1 Å². The first kappa shape index (κ1) is 16.1. The second kappa shape index (κ2) is 6.88. The number of benzene rings is 2. The Kier molecular flexibility index (Phi) is 4.27. The lowest BCUT2D eigenvalue weighted by Gasteiger charge is -2.26. The molecule has 0 fully saturated rings. The van der Waals surface area contributed by atoms with E-state index in [1.165, 1.54) is 0 Å². The van der Waals surface area contributed by atoms with Crippen LogP contribution in [-0.4, -0.2) is 33.1 Å². The number of allylic oxidation sites excluding steroid dienone is 1. The molecule has 1 unspecified atom stereocenters. The Hall–Kier alpha value is -3.34. The maximum atomic E-state index is 4.72. The maximum Gasteiger partial charge on any atom is 0.181 e. The lowest BCUT2D eigenvalue weighted by molar-refractivity contribution is 0.328. The average molecular weight is 341 g/mol. The molecule has 0 radical (unpaired) electrons. The fraction of sp³-hybridized carbons (Fsp3) is 0.143. The first-order valence-electron chi connectivity index (χ1n) is 8.51. The summed E-state index contributed by atoms with van der Waals surface area (Å²) in [7, 11) is 1.98. The maximum absolute atomic E-state index is 4.72. The van der Waals surface area contributed by atoms with Gasteiger partial charge in [0.25, 0.3) is 0 Å². The highest BCUT2D eigenvalue weighted by Crippen LogP contribution is 2.26. The molecule has 26 heavy (non-hydrogen) atoms. The van der Waals surface area contributed by atoms with Crippen LogP contribution in [0.1, 0.15) is 18.9 Å². The lowest BCUT2D eigenvalue weighted by atomic mass is 10.2. The Morgan fingerprint density at radius 1 is 0.769 bits per heavy atom. The third kappa shape index (κ3) is 3.24. The summed E-state index contributed by atoms with van der Waals surface area (Å²) in [6, 6.07) is 19.9. The standard InChI is InChI=1S/C21H19N5/c1-15-13-22-21(26(2)14-15)20-24-18(16-9-5-3-6-10-16)23-19(25-20)17-11-7-4-8-12-17/h3-14,21H,1-2H3. The van der Waals surface area contributed by atoms with Crippen molar-refractivity contribution in [3.05, 3.63) is 78.3 Å². The molecule has 1 aromatic heterocycles. The van der Waals surface area contributed by atoms with Crippen molar-refractivity contribution >= 4 is 6.21 Å². The van der Waals surface area contributed by atoms with Crippen molar-refractivity contribution in [1.29, 1.82) is 0 Å². The van der Waals surface area contributed by atoms with Crippen molar-refractivity contribution in [2.75, 3.05) is 7.05 Å². The van der Waals surface area contributed by atoms with Gasteiger partial charge in [-0.2, -0.15) is 0 Å². The van der Waals surface area contributed by atoms with Crippen LogP contribution >= 0.6 is 0 Å². The summed E-state index contributed by atoms with van der Waals surface area (Å²) in [6.45, 7) is 2.02. The number of rotatable bonds is 3. The van der Waals surface area contributed by atoms with Gasteiger partial charge >= 0.3 is 0 Å². The van der Waals surface area contributed by atoms with E-state index in [0.717, 1.165) is 16.7 Å². The van der Waals surface area contributed by atoms with Crippen LogP contribution in [0.4, 0.5) is 0 Å². The molecule has 0 spiro atoms. The SMILES string of the molecule is CC1=CN(C)C(c2nc(-c3ccccc3)nc(-c3ccccc3)n2)N=C1. The molecule has 0 saturated heterocycles. The molecule has 1 aliphatic rings. The zero-order valence-electron chi connectivity index (χ0n) is 14.7. The summed E-state index contributed by atoms with van der Waals surface area (Å²) in [6.07, 6.45) is 3.65. The van der Waals surface area contributed by atoms with Gasteiger partial charge in [0.15, 0.2) is 23.6 Å². The summed E-state index contributed by atoms with van der Waals surface area (Å²) >= 11 is 0. The van der Waals surface area contributed by atoms with E-state index < -0.39 is 0 Å². The van der Waals surface area contributed by atoms with Crippen LogP contribution in [0.3, 0.4) is 0 Å². The zero-order chi connectivity index (χ0) is 17.9. The lowest BCUT2D eigenvalue weighted by Crippen LogP contribution is -2.23. The van der Waals surface area contributed by atoms with E-state index in [-0.39, 0.29) is 6.17 Å². The van der Waals surface area contributed by atoms with Crippen LogP contribution in [0.5, 0.6) is 0 Å². The number of hydrogen-bond donors (Lipinski definition) is 0. The Morgan fingerprint density at radius 3 is 1.81 bits per heavy atom. The Labute approximate surface area is 152 Å². The predicted octanol–water partition coefficient (Wildman–Crippen LogP) is 4.12. The van der Waals surface area contributed by atoms with Crippen LogP contribution in [0.25, 0.3) is 22.8 Å². The van der Waals surface area contributed by atoms with Crippen LogP contribution in [0.2, 0.25) is 0 Å². The second-order valence-electron chi connectivity index (χ2n) is 6.26. The summed E-state index contributed by atoms with van der Waals surface area (Å²) in [5.41, 5.74) is 3.02. The predicted molar refractivity (Wildman–Crippen MR) is 103 cm³/mol. The van der Waals surface area contributed by atoms with Gasteiger partial charge in [0.2, 0.25) is 0 Å². The van der Waals surface area contributed by atoms with Gasteiger partial charge in [-0.1, -0.05) is 60.7 Å². The van der Waals surface area contributed by atoms with Gasteiger partial charge in [-0.25, -0.2) is 15.0 Å². The van der Waals surface area contributed by atoms with E-state index in [1.807, 2.05) is 91.9 Å². The number of hydrogen-bond acceptors (Lipinski definition) is 5. The number of aromatic nitrogens is 3. The minimum atomic E-state index is -0.258. The molecule has 1 aliphatic heterocycles. The fourth-order valence-electron chi connectivity index (χ4n) is 2.91. The molecule has 1 atom stereocenters. The molecule has 0 amide bonds. The van der Waals surface area contributed by atoms with Gasteiger partial charge in [-0.05, 0) is 12.5 Å². The molecule has 5 nitrogen and oxygen atoms in total. The monoisotopic (exact) mass is 341 g/mol. The summed E-state index contributed by atoms with van der Waals surface area (Å²) in [5.74, 6) is 1.95. The molecule has 0 N–H and O–H groups in total. The fourth-order valence-corrected chi connectivity index (χ4v) is 2.91. The molecule has 3 aromatic rings. The molecule has 128 valence electrons. The van der Waals surface area contributed by atoms with Gasteiger partial charge in [-0.3, -0.25) is 4.99 Å². The molecule has 0 aliphatic carbocycles. The third-order valence-electron chi connectivity index (χ3n) is 4.16. The Bertz CT molecular complexity index is 906. The topological polar surface area (TPSA) is 54.3 Å². The minimum Gasteiger partial charge on any atom is -0.353 e. The molecule has 4 rings (SSSR count). The highest BCUT2D eigenvalue weighted by molar-refractivity contribution is 5.78. The highest BCUT2D eigenvalue weighted by atomic mass is 15.3. The van der Waals surface area contributed by atoms with E-state index in [0.29, 0.717) is 17.5 Å². The quantitative estimate of drug-likeness (QED) is 0.719. The Balaban J connectivity index is 1.85. The number of aliphatic imine (C=N–C) groups is 1. The van der Waals surface area contributed by atoms with E-state index >= 15 is 0 Å². The van der Waals surface area contributed by atoms with Gasteiger partial charge in [0.1, 0.15) is 0 Å².